The minimum Gasteiger partial charge on any atom is -0.330 e. The molecule has 7 heteroatoms. The summed E-state index contributed by atoms with van der Waals surface area (Å²) in [5.41, 5.74) is 4.33. The molecule has 1 atom stereocenters. The summed E-state index contributed by atoms with van der Waals surface area (Å²) in [6.07, 6.45) is 0. The van der Waals surface area contributed by atoms with Crippen LogP contribution in [0.4, 0.5) is 0 Å². The van der Waals surface area contributed by atoms with Gasteiger partial charge in [-0.15, -0.1) is 11.3 Å². The maximum atomic E-state index is 13.7. The highest BCUT2D eigenvalue weighted by Crippen LogP contribution is 2.37. The van der Waals surface area contributed by atoms with Gasteiger partial charge in [-0.25, -0.2) is 9.67 Å². The lowest BCUT2D eigenvalue weighted by atomic mass is 10.0. The highest BCUT2D eigenvalue weighted by Gasteiger charge is 2.29. The molecule has 6 rings (SSSR count). The molecule has 0 bridgehead atoms. The Morgan fingerprint density at radius 3 is 2.37 bits per heavy atom. The molecule has 0 aliphatic carbocycles. The van der Waals surface area contributed by atoms with E-state index >= 15 is 0 Å². The van der Waals surface area contributed by atoms with Crippen molar-refractivity contribution in [1.82, 2.24) is 19.3 Å². The van der Waals surface area contributed by atoms with Crippen LogP contribution in [0, 0.1) is 11.3 Å². The molecule has 6 aromatic rings. The fraction of sp³-hybridized carbons (Fsp3) is 0.0714. The number of nitrogens with zero attached hydrogens (tertiary/aromatic N) is 5. The van der Waals surface area contributed by atoms with Gasteiger partial charge in [0.15, 0.2) is 11.7 Å². The Morgan fingerprint density at radius 2 is 1.66 bits per heavy atom. The Labute approximate surface area is 205 Å². The van der Waals surface area contributed by atoms with E-state index in [2.05, 4.69) is 11.1 Å². The number of hydrogen-bond acceptors (Lipinski definition) is 5. The Kier molecular flexibility index (Phi) is 5.02. The van der Waals surface area contributed by atoms with E-state index in [0.717, 1.165) is 38.2 Å². The molecule has 0 spiro atoms. The Morgan fingerprint density at radius 1 is 0.971 bits per heavy atom. The van der Waals surface area contributed by atoms with Crippen LogP contribution in [0.15, 0.2) is 91.0 Å². The molecule has 0 fully saturated rings. The SMILES string of the molecule is Cn1c(C(C#N)C(=O)c2cc3c(-c4ccccc4)nn(-c4ccccc4)c3s2)nc2ccccc21. The third kappa shape index (κ3) is 3.43. The van der Waals surface area contributed by atoms with E-state index in [9.17, 15) is 10.1 Å². The molecule has 6 nitrogen and oxygen atoms in total. The maximum Gasteiger partial charge on any atom is 0.197 e. The largest absolute Gasteiger partial charge is 0.330 e. The smallest absolute Gasteiger partial charge is 0.197 e. The second kappa shape index (κ2) is 8.35. The predicted octanol–water partition coefficient (Wildman–Crippen LogP) is 6.13. The van der Waals surface area contributed by atoms with Crippen LogP contribution >= 0.6 is 11.3 Å². The van der Waals surface area contributed by atoms with Crippen LogP contribution in [-0.2, 0) is 7.05 Å². The first kappa shape index (κ1) is 21.0. The van der Waals surface area contributed by atoms with Crippen LogP contribution in [0.5, 0.6) is 0 Å². The number of carbonyl (C=O) groups excluding carboxylic acids is 1. The lowest BCUT2D eigenvalue weighted by Crippen LogP contribution is -2.14. The fourth-order valence-electron chi connectivity index (χ4n) is 4.38. The Balaban J connectivity index is 1.50. The summed E-state index contributed by atoms with van der Waals surface area (Å²) in [5, 5.41) is 15.8. The summed E-state index contributed by atoms with van der Waals surface area (Å²) < 4.78 is 3.70. The van der Waals surface area contributed by atoms with Gasteiger partial charge >= 0.3 is 0 Å². The summed E-state index contributed by atoms with van der Waals surface area (Å²) in [5.74, 6) is -0.816. The minimum absolute atomic E-state index is 0.259. The van der Waals surface area contributed by atoms with Crippen molar-refractivity contribution in [3.63, 3.8) is 0 Å². The molecular formula is C28H19N5OS. The van der Waals surface area contributed by atoms with Gasteiger partial charge in [0.1, 0.15) is 16.3 Å². The number of benzene rings is 3. The van der Waals surface area contributed by atoms with Crippen molar-refractivity contribution >= 4 is 38.4 Å². The first-order chi connectivity index (χ1) is 17.2. The monoisotopic (exact) mass is 473 g/mol. The van der Waals surface area contributed by atoms with E-state index in [1.807, 2.05) is 107 Å². The Bertz CT molecular complexity index is 1670. The molecule has 35 heavy (non-hydrogen) atoms. The number of rotatable bonds is 5. The highest BCUT2D eigenvalue weighted by molar-refractivity contribution is 7.20. The predicted molar refractivity (Wildman–Crippen MR) is 138 cm³/mol. The maximum absolute atomic E-state index is 13.7. The van der Waals surface area contributed by atoms with Crippen LogP contribution in [0.3, 0.4) is 0 Å². The molecule has 0 radical (unpaired) electrons. The average molecular weight is 474 g/mol. The summed E-state index contributed by atoms with van der Waals surface area (Å²) in [6.45, 7) is 0. The standard InChI is InChI=1S/C28H19N5OS/c1-32-23-15-9-8-14-22(23)30-27(32)21(17-29)26(34)24-16-20-25(18-10-4-2-5-11-18)31-33(28(20)35-24)19-12-6-3-7-13-19/h2-16,21H,1H3. The van der Waals surface area contributed by atoms with Crippen LogP contribution < -0.4 is 0 Å². The first-order valence-electron chi connectivity index (χ1n) is 11.1. The van der Waals surface area contributed by atoms with Gasteiger partial charge in [0.05, 0.1) is 27.7 Å². The number of fused-ring (bicyclic) bond motifs is 2. The number of nitriles is 1. The number of hydrogen-bond donors (Lipinski definition) is 0. The van der Waals surface area contributed by atoms with Crippen molar-refractivity contribution in [2.45, 2.75) is 5.92 Å². The van der Waals surface area contributed by atoms with E-state index in [1.54, 1.807) is 0 Å². The first-order valence-corrected chi connectivity index (χ1v) is 12.0. The quantitative estimate of drug-likeness (QED) is 0.282. The van der Waals surface area contributed by atoms with E-state index in [4.69, 9.17) is 5.10 Å². The molecule has 3 aromatic heterocycles. The normalized spacial score (nSPS) is 12.1. The summed E-state index contributed by atoms with van der Waals surface area (Å²) >= 11 is 1.36. The van der Waals surface area contributed by atoms with Crippen LogP contribution in [-0.4, -0.2) is 25.1 Å². The van der Waals surface area contributed by atoms with Gasteiger partial charge in [0, 0.05) is 18.0 Å². The van der Waals surface area contributed by atoms with E-state index in [0.29, 0.717) is 10.7 Å². The van der Waals surface area contributed by atoms with E-state index in [-0.39, 0.29) is 5.78 Å². The summed E-state index contributed by atoms with van der Waals surface area (Å²) in [7, 11) is 1.84. The van der Waals surface area contributed by atoms with Gasteiger partial charge in [0.25, 0.3) is 0 Å². The number of aromatic nitrogens is 4. The summed E-state index contributed by atoms with van der Waals surface area (Å²) in [6, 6.07) is 31.5. The zero-order chi connectivity index (χ0) is 23.9. The van der Waals surface area contributed by atoms with E-state index in [1.165, 1.54) is 11.3 Å². The highest BCUT2D eigenvalue weighted by atomic mass is 32.1. The molecule has 0 saturated heterocycles. The van der Waals surface area contributed by atoms with Gasteiger partial charge in [-0.05, 0) is 30.3 Å². The second-order valence-corrected chi connectivity index (χ2v) is 9.27. The lowest BCUT2D eigenvalue weighted by Gasteiger charge is -2.07. The zero-order valence-electron chi connectivity index (χ0n) is 18.8. The number of thiophene rings is 1. The average Bonchev–Trinajstić information content (AvgIpc) is 3.58. The van der Waals surface area contributed by atoms with Crippen molar-refractivity contribution in [2.24, 2.45) is 7.05 Å². The Hall–Kier alpha value is -4.54. The van der Waals surface area contributed by atoms with Crippen LogP contribution in [0.25, 0.3) is 38.2 Å². The molecule has 0 amide bonds. The molecule has 3 aromatic carbocycles. The van der Waals surface area contributed by atoms with Gasteiger partial charge in [0.2, 0.25) is 0 Å². The molecule has 0 aliphatic heterocycles. The molecule has 0 aliphatic rings. The molecule has 1 unspecified atom stereocenters. The third-order valence-corrected chi connectivity index (χ3v) is 7.25. The number of Topliss-reactive ketones (excluding diaryl/α,β-unsaturated/α-hetero) is 1. The fourth-order valence-corrected chi connectivity index (χ4v) is 5.48. The third-order valence-electron chi connectivity index (χ3n) is 6.12. The van der Waals surface area contributed by atoms with Crippen molar-refractivity contribution < 1.29 is 4.79 Å². The molecular weight excluding hydrogens is 454 g/mol. The molecule has 0 saturated carbocycles. The van der Waals surface area contributed by atoms with Crippen molar-refractivity contribution in [1.29, 1.82) is 5.26 Å². The zero-order valence-corrected chi connectivity index (χ0v) is 19.6. The topological polar surface area (TPSA) is 76.5 Å². The van der Waals surface area contributed by atoms with Crippen LogP contribution in [0.1, 0.15) is 21.4 Å². The number of imidazole rings is 1. The van der Waals surface area contributed by atoms with Gasteiger partial charge in [-0.1, -0.05) is 60.7 Å². The molecule has 3 heterocycles. The van der Waals surface area contributed by atoms with Gasteiger partial charge < -0.3 is 4.57 Å². The summed E-state index contributed by atoms with van der Waals surface area (Å²) in [4.78, 5) is 19.7. The number of aryl methyl sites for hydroxylation is 1. The minimum atomic E-state index is -1.01. The van der Waals surface area contributed by atoms with Crippen molar-refractivity contribution in [2.75, 3.05) is 0 Å². The van der Waals surface area contributed by atoms with Crippen molar-refractivity contribution in [3.05, 3.63) is 102 Å². The lowest BCUT2D eigenvalue weighted by molar-refractivity contribution is 0.0979. The van der Waals surface area contributed by atoms with E-state index < -0.39 is 5.92 Å². The van der Waals surface area contributed by atoms with Gasteiger partial charge in [-0.2, -0.15) is 10.4 Å². The molecule has 168 valence electrons. The number of carbonyl (C=O) groups is 1. The van der Waals surface area contributed by atoms with Crippen LogP contribution in [0.2, 0.25) is 0 Å². The number of para-hydroxylation sites is 3. The second-order valence-electron chi connectivity index (χ2n) is 8.24. The number of ketones is 1. The van der Waals surface area contributed by atoms with Crippen molar-refractivity contribution in [3.8, 4) is 23.0 Å². The molecule has 0 N–H and O–H groups in total. The van der Waals surface area contributed by atoms with Gasteiger partial charge in [-0.3, -0.25) is 4.79 Å².